The maximum atomic E-state index is 13.1. The number of carbonyl (C=O) groups is 2. The Morgan fingerprint density at radius 2 is 1.90 bits per heavy atom. The lowest BCUT2D eigenvalue weighted by Crippen LogP contribution is -2.28. The zero-order chi connectivity index (χ0) is 21.2. The molecule has 2 aromatic carbocycles. The first-order valence-corrected chi connectivity index (χ1v) is 9.63. The number of nitriles is 1. The van der Waals surface area contributed by atoms with E-state index in [0.717, 1.165) is 0 Å². The number of esters is 1. The molecule has 0 radical (unpaired) electrons. The lowest BCUT2D eigenvalue weighted by atomic mass is 9.99. The lowest BCUT2D eigenvalue weighted by Gasteiger charge is -2.12. The number of carbonyl (C=O) groups excluding carboxylic acids is 2. The fourth-order valence-electron chi connectivity index (χ4n) is 3.50. The molecule has 0 spiro atoms. The maximum absolute atomic E-state index is 13.1. The van der Waals surface area contributed by atoms with E-state index >= 15 is 0 Å². The molecule has 0 unspecified atom stereocenters. The number of hydrogen-bond acceptors (Lipinski definition) is 5. The number of ether oxygens (including phenoxy) is 2. The van der Waals surface area contributed by atoms with E-state index < -0.39 is 29.1 Å². The molecule has 8 heteroatoms. The van der Waals surface area contributed by atoms with Crippen LogP contribution in [0.5, 0.6) is 5.75 Å². The molecule has 0 aromatic heterocycles. The Morgan fingerprint density at radius 3 is 2.45 bits per heavy atom. The first kappa shape index (κ1) is 21.0. The van der Waals surface area contributed by atoms with Crippen molar-refractivity contribution in [3.05, 3.63) is 58.1 Å². The second kappa shape index (κ2) is 8.32. The van der Waals surface area contributed by atoms with Crippen molar-refractivity contribution in [2.45, 2.75) is 12.8 Å². The van der Waals surface area contributed by atoms with E-state index in [4.69, 9.17) is 32.7 Å². The molecule has 2 aromatic rings. The third-order valence-corrected chi connectivity index (χ3v) is 5.51. The van der Waals surface area contributed by atoms with Crippen molar-refractivity contribution in [1.82, 2.24) is 0 Å². The van der Waals surface area contributed by atoms with Crippen LogP contribution in [-0.4, -0.2) is 25.6 Å². The van der Waals surface area contributed by atoms with E-state index in [1.165, 1.54) is 13.2 Å². The quantitative estimate of drug-likeness (QED) is 0.681. The average Bonchev–Trinajstić information content (AvgIpc) is 3.39. The van der Waals surface area contributed by atoms with E-state index in [9.17, 15) is 14.9 Å². The van der Waals surface area contributed by atoms with Gasteiger partial charge in [-0.3, -0.25) is 9.59 Å². The number of halogens is 2. The Bertz CT molecular complexity index is 987. The van der Waals surface area contributed by atoms with Crippen LogP contribution < -0.4 is 10.1 Å². The van der Waals surface area contributed by atoms with Crippen LogP contribution in [-0.2, 0) is 14.3 Å². The first-order chi connectivity index (χ1) is 13.9. The summed E-state index contributed by atoms with van der Waals surface area (Å²) in [6.07, 6.45) is 0. The number of methoxy groups -OCH3 is 1. The average molecular weight is 433 g/mol. The van der Waals surface area contributed by atoms with Crippen molar-refractivity contribution >= 4 is 40.8 Å². The minimum absolute atomic E-state index is 0.137. The fraction of sp³-hybridized carbons (Fsp3) is 0.286. The second-order valence-corrected chi connectivity index (χ2v) is 7.38. The summed E-state index contributed by atoms with van der Waals surface area (Å²) in [5.74, 6) is -2.30. The van der Waals surface area contributed by atoms with Crippen LogP contribution in [0.4, 0.5) is 5.69 Å². The zero-order valence-corrected chi connectivity index (χ0v) is 17.3. The topological polar surface area (TPSA) is 88.4 Å². The number of rotatable bonds is 6. The molecule has 150 valence electrons. The maximum Gasteiger partial charge on any atom is 0.311 e. The molecule has 3 atom stereocenters. The Labute approximate surface area is 178 Å². The highest BCUT2D eigenvalue weighted by molar-refractivity contribution is 6.35. The van der Waals surface area contributed by atoms with Gasteiger partial charge < -0.3 is 14.8 Å². The summed E-state index contributed by atoms with van der Waals surface area (Å²) in [6, 6.07) is 13.4. The molecule has 1 fully saturated rings. The Kier molecular flexibility index (Phi) is 6.02. The van der Waals surface area contributed by atoms with Crippen LogP contribution in [0.3, 0.4) is 0 Å². The zero-order valence-electron chi connectivity index (χ0n) is 15.7. The smallest absolute Gasteiger partial charge is 0.311 e. The third kappa shape index (κ3) is 3.76. The van der Waals surface area contributed by atoms with Crippen LogP contribution in [0.2, 0.25) is 10.0 Å². The molecule has 0 heterocycles. The fourth-order valence-corrected chi connectivity index (χ4v) is 4.03. The highest BCUT2D eigenvalue weighted by atomic mass is 35.5. The van der Waals surface area contributed by atoms with Gasteiger partial charge in [0, 0.05) is 21.7 Å². The van der Waals surface area contributed by atoms with Gasteiger partial charge in [-0.15, -0.1) is 0 Å². The summed E-state index contributed by atoms with van der Waals surface area (Å²) < 4.78 is 10.2. The van der Waals surface area contributed by atoms with Crippen LogP contribution in [0.15, 0.2) is 42.5 Å². The number of anilines is 1. The van der Waals surface area contributed by atoms with E-state index in [1.54, 1.807) is 43.3 Å². The van der Waals surface area contributed by atoms with Crippen molar-refractivity contribution in [3.63, 3.8) is 0 Å². The van der Waals surface area contributed by atoms with Crippen molar-refractivity contribution in [1.29, 1.82) is 5.26 Å². The van der Waals surface area contributed by atoms with Crippen LogP contribution in [0.25, 0.3) is 0 Å². The molecule has 0 aliphatic heterocycles. The van der Waals surface area contributed by atoms with Crippen LogP contribution in [0.1, 0.15) is 18.4 Å². The standard InChI is InChI=1S/C21H18Cl2N2O4/c1-3-29-19(26)18-17(15-9-4-12(22)10-16(15)23)21(18,11-24)20(27)25-13-5-7-14(28-2)8-6-13/h4-10,17-18H,3H2,1-2H3,(H,25,27)/t17-,18-,21+/m1/s1. The largest absolute Gasteiger partial charge is 0.497 e. The molecule has 1 N–H and O–H groups in total. The highest BCUT2D eigenvalue weighted by Crippen LogP contribution is 2.66. The minimum atomic E-state index is -1.64. The third-order valence-electron chi connectivity index (χ3n) is 4.95. The molecule has 1 aliphatic carbocycles. The normalized spacial score (nSPS) is 22.3. The van der Waals surface area contributed by atoms with Gasteiger partial charge in [-0.2, -0.15) is 5.26 Å². The van der Waals surface area contributed by atoms with Gasteiger partial charge in [0.15, 0.2) is 5.41 Å². The number of hydrogen-bond donors (Lipinski definition) is 1. The van der Waals surface area contributed by atoms with E-state index in [2.05, 4.69) is 5.32 Å². The summed E-state index contributed by atoms with van der Waals surface area (Å²) >= 11 is 12.3. The Morgan fingerprint density at radius 1 is 1.21 bits per heavy atom. The number of nitrogens with one attached hydrogen (secondary N) is 1. The summed E-state index contributed by atoms with van der Waals surface area (Å²) in [7, 11) is 1.53. The molecule has 29 heavy (non-hydrogen) atoms. The Hall–Kier alpha value is -2.75. The monoisotopic (exact) mass is 432 g/mol. The summed E-state index contributed by atoms with van der Waals surface area (Å²) in [6.45, 7) is 1.80. The van der Waals surface area contributed by atoms with Gasteiger partial charge in [0.2, 0.25) is 5.91 Å². The predicted molar refractivity (Wildman–Crippen MR) is 109 cm³/mol. The van der Waals surface area contributed by atoms with Crippen LogP contribution >= 0.6 is 23.2 Å². The molecular weight excluding hydrogens is 415 g/mol. The van der Waals surface area contributed by atoms with E-state index in [1.807, 2.05) is 6.07 Å². The lowest BCUT2D eigenvalue weighted by molar-refractivity contribution is -0.146. The highest BCUT2D eigenvalue weighted by Gasteiger charge is 2.75. The summed E-state index contributed by atoms with van der Waals surface area (Å²) in [5.41, 5.74) is -0.662. The van der Waals surface area contributed by atoms with E-state index in [-0.39, 0.29) is 11.6 Å². The van der Waals surface area contributed by atoms with Crippen LogP contribution in [0, 0.1) is 22.7 Å². The molecule has 1 saturated carbocycles. The van der Waals surface area contributed by atoms with Gasteiger partial charge in [0.05, 0.1) is 25.7 Å². The molecule has 1 aliphatic rings. The van der Waals surface area contributed by atoms with Gasteiger partial charge in [-0.25, -0.2) is 0 Å². The molecule has 0 saturated heterocycles. The minimum Gasteiger partial charge on any atom is -0.497 e. The van der Waals surface area contributed by atoms with Gasteiger partial charge >= 0.3 is 5.97 Å². The SMILES string of the molecule is CCOC(=O)[C@H]1[C@@H](c2ccc(Cl)cc2Cl)[C@]1(C#N)C(=O)Nc1ccc(OC)cc1. The van der Waals surface area contributed by atoms with Crippen molar-refractivity contribution in [2.24, 2.45) is 11.3 Å². The molecule has 0 bridgehead atoms. The molecule has 1 amide bonds. The van der Waals surface area contributed by atoms with E-state index in [0.29, 0.717) is 22.0 Å². The summed E-state index contributed by atoms with van der Waals surface area (Å²) in [5, 5.41) is 13.4. The predicted octanol–water partition coefficient (Wildman–Crippen LogP) is 4.43. The number of nitrogens with zero attached hydrogens (tertiary/aromatic N) is 1. The number of benzene rings is 2. The van der Waals surface area contributed by atoms with Gasteiger partial charge in [-0.05, 0) is 48.9 Å². The van der Waals surface area contributed by atoms with Crippen molar-refractivity contribution in [3.8, 4) is 11.8 Å². The summed E-state index contributed by atoms with van der Waals surface area (Å²) in [4.78, 5) is 25.7. The molecular formula is C21H18Cl2N2O4. The number of amides is 1. The molecule has 6 nitrogen and oxygen atoms in total. The first-order valence-electron chi connectivity index (χ1n) is 8.87. The van der Waals surface area contributed by atoms with Gasteiger partial charge in [-0.1, -0.05) is 29.3 Å². The van der Waals surface area contributed by atoms with Crippen molar-refractivity contribution in [2.75, 3.05) is 19.0 Å². The molecule has 3 rings (SSSR count). The Balaban J connectivity index is 1.96. The van der Waals surface area contributed by atoms with Gasteiger partial charge in [0.25, 0.3) is 0 Å². The van der Waals surface area contributed by atoms with Gasteiger partial charge in [0.1, 0.15) is 5.75 Å². The second-order valence-electron chi connectivity index (χ2n) is 6.54. The van der Waals surface area contributed by atoms with Crippen molar-refractivity contribution < 1.29 is 19.1 Å².